The second kappa shape index (κ2) is 7.79. The average Bonchev–Trinajstić information content (AvgIpc) is 2.17. The van der Waals surface area contributed by atoms with Crippen LogP contribution < -0.4 is 10.6 Å². The van der Waals surface area contributed by atoms with Crippen LogP contribution >= 0.6 is 0 Å². The van der Waals surface area contributed by atoms with Gasteiger partial charge in [0.1, 0.15) is 6.04 Å². The van der Waals surface area contributed by atoms with E-state index in [0.717, 1.165) is 0 Å². The zero-order valence-corrected chi connectivity index (χ0v) is 8.19. The highest BCUT2D eigenvalue weighted by molar-refractivity contribution is 5.84. The second-order valence-corrected chi connectivity index (χ2v) is 2.78. The highest BCUT2D eigenvalue weighted by atomic mass is 16.4. The fraction of sp³-hybridized carbons (Fsp3) is 0.556. The van der Waals surface area contributed by atoms with Gasteiger partial charge in [0.15, 0.2) is 0 Å². The molecule has 6 nitrogen and oxygen atoms in total. The first-order valence-corrected chi connectivity index (χ1v) is 4.39. The number of carbonyl (C=O) groups is 2. The molecular formula is C9H14N2O4. The number of carbonyl (C=O) groups excluding carboxylic acids is 1. The molecule has 15 heavy (non-hydrogen) atoms. The minimum atomic E-state index is -1.17. The maximum Gasteiger partial charge on any atom is 0.326 e. The highest BCUT2D eigenvalue weighted by Crippen LogP contribution is 1.90. The smallest absolute Gasteiger partial charge is 0.326 e. The summed E-state index contributed by atoms with van der Waals surface area (Å²) in [5.41, 5.74) is 0. The van der Waals surface area contributed by atoms with E-state index in [1.165, 1.54) is 0 Å². The summed E-state index contributed by atoms with van der Waals surface area (Å²) < 4.78 is 0. The van der Waals surface area contributed by atoms with Crippen LogP contribution in [0.2, 0.25) is 0 Å². The zero-order valence-electron chi connectivity index (χ0n) is 8.19. The molecule has 0 aromatic carbocycles. The van der Waals surface area contributed by atoms with Gasteiger partial charge >= 0.3 is 5.97 Å². The van der Waals surface area contributed by atoms with Gasteiger partial charge in [-0.25, -0.2) is 4.79 Å². The van der Waals surface area contributed by atoms with Crippen molar-refractivity contribution in [3.05, 3.63) is 0 Å². The maximum absolute atomic E-state index is 11.1. The molecule has 6 heteroatoms. The van der Waals surface area contributed by atoms with E-state index < -0.39 is 17.9 Å². The van der Waals surface area contributed by atoms with Gasteiger partial charge in [0.05, 0.1) is 13.1 Å². The Labute approximate surface area is 87.7 Å². The number of rotatable bonds is 7. The van der Waals surface area contributed by atoms with E-state index in [1.807, 2.05) is 0 Å². The van der Waals surface area contributed by atoms with Crippen molar-refractivity contribution in [2.75, 3.05) is 19.7 Å². The van der Waals surface area contributed by atoms with E-state index in [0.29, 0.717) is 0 Å². The van der Waals surface area contributed by atoms with Gasteiger partial charge in [0.25, 0.3) is 0 Å². The van der Waals surface area contributed by atoms with Crippen LogP contribution in [0.5, 0.6) is 0 Å². The van der Waals surface area contributed by atoms with Crippen molar-refractivity contribution in [2.45, 2.75) is 12.5 Å². The van der Waals surface area contributed by atoms with Crippen molar-refractivity contribution < 1.29 is 19.8 Å². The van der Waals surface area contributed by atoms with Gasteiger partial charge in [-0.1, -0.05) is 5.92 Å². The fourth-order valence-electron chi connectivity index (χ4n) is 0.880. The van der Waals surface area contributed by atoms with Crippen LogP contribution in [0.15, 0.2) is 0 Å². The van der Waals surface area contributed by atoms with E-state index in [9.17, 15) is 9.59 Å². The third-order valence-electron chi connectivity index (χ3n) is 1.56. The lowest BCUT2D eigenvalue weighted by atomic mass is 10.2. The third kappa shape index (κ3) is 6.49. The number of carboxylic acid groups (broad SMARTS) is 1. The molecule has 0 fully saturated rings. The van der Waals surface area contributed by atoms with Crippen LogP contribution in [-0.4, -0.2) is 47.8 Å². The molecule has 0 aliphatic rings. The molecule has 0 aliphatic carbocycles. The van der Waals surface area contributed by atoms with Crippen LogP contribution in [0, 0.1) is 12.3 Å². The number of nitrogens with one attached hydrogen (secondary N) is 2. The Bertz CT molecular complexity index is 259. The lowest BCUT2D eigenvalue weighted by Crippen LogP contribution is -2.45. The second-order valence-electron chi connectivity index (χ2n) is 2.78. The summed E-state index contributed by atoms with van der Waals surface area (Å²) in [4.78, 5) is 21.7. The molecule has 0 aromatic heterocycles. The quantitative estimate of drug-likeness (QED) is 0.295. The number of terminal acetylenes is 1. The lowest BCUT2D eigenvalue weighted by molar-refractivity contribution is -0.142. The van der Waals surface area contributed by atoms with Gasteiger partial charge in [-0.3, -0.25) is 10.1 Å². The molecule has 1 atom stereocenters. The Balaban J connectivity index is 3.90. The number of hydrogen-bond acceptors (Lipinski definition) is 4. The van der Waals surface area contributed by atoms with Crippen LogP contribution in [-0.2, 0) is 9.59 Å². The normalized spacial score (nSPS) is 11.5. The lowest BCUT2D eigenvalue weighted by Gasteiger charge is -2.12. The molecule has 0 bridgehead atoms. The van der Waals surface area contributed by atoms with Crippen molar-refractivity contribution in [1.82, 2.24) is 10.6 Å². The summed E-state index contributed by atoms with van der Waals surface area (Å²) >= 11 is 0. The average molecular weight is 214 g/mol. The molecule has 0 rings (SSSR count). The largest absolute Gasteiger partial charge is 0.480 e. The van der Waals surface area contributed by atoms with Crippen molar-refractivity contribution in [3.63, 3.8) is 0 Å². The third-order valence-corrected chi connectivity index (χ3v) is 1.56. The Morgan fingerprint density at radius 2 is 2.13 bits per heavy atom. The monoisotopic (exact) mass is 214 g/mol. The van der Waals surface area contributed by atoms with Crippen LogP contribution in [0.3, 0.4) is 0 Å². The number of aliphatic carboxylic acids is 1. The molecule has 0 aromatic rings. The van der Waals surface area contributed by atoms with Crippen LogP contribution in [0.1, 0.15) is 6.42 Å². The minimum absolute atomic E-state index is 0.0176. The number of carboxylic acids is 1. The van der Waals surface area contributed by atoms with Crippen LogP contribution in [0.25, 0.3) is 0 Å². The van der Waals surface area contributed by atoms with E-state index >= 15 is 0 Å². The summed E-state index contributed by atoms with van der Waals surface area (Å²) in [7, 11) is 0. The summed E-state index contributed by atoms with van der Waals surface area (Å²) in [6.45, 7) is -0.0976. The predicted octanol–water partition coefficient (Wildman–Crippen LogP) is -1.84. The molecule has 0 spiro atoms. The van der Waals surface area contributed by atoms with Crippen molar-refractivity contribution in [3.8, 4) is 12.3 Å². The first-order chi connectivity index (χ1) is 7.11. The van der Waals surface area contributed by atoms with Gasteiger partial charge in [0.2, 0.25) is 5.91 Å². The number of aliphatic hydroxyl groups is 1. The van der Waals surface area contributed by atoms with Gasteiger partial charge < -0.3 is 15.5 Å². The topological polar surface area (TPSA) is 98.7 Å². The van der Waals surface area contributed by atoms with Crippen molar-refractivity contribution in [1.29, 1.82) is 0 Å². The SMILES string of the molecule is C#CCNCC(=O)NC(CCO)C(=O)O. The van der Waals surface area contributed by atoms with E-state index in [1.54, 1.807) is 0 Å². The molecule has 1 amide bonds. The summed E-state index contributed by atoms with van der Waals surface area (Å²) in [6, 6.07) is -1.06. The first kappa shape index (κ1) is 13.4. The maximum atomic E-state index is 11.1. The number of amides is 1. The fourth-order valence-corrected chi connectivity index (χ4v) is 0.880. The standard InChI is InChI=1S/C9H14N2O4/c1-2-4-10-6-8(13)11-7(3-5-12)9(14)15/h1,7,10,12H,3-6H2,(H,11,13)(H,14,15). The summed E-state index contributed by atoms with van der Waals surface area (Å²) in [5, 5.41) is 22.1. The Morgan fingerprint density at radius 1 is 1.47 bits per heavy atom. The Hall–Kier alpha value is -1.58. The van der Waals surface area contributed by atoms with Gasteiger partial charge in [-0.15, -0.1) is 6.42 Å². The molecule has 4 N–H and O–H groups in total. The van der Waals surface area contributed by atoms with Crippen molar-refractivity contribution in [2.24, 2.45) is 0 Å². The predicted molar refractivity (Wildman–Crippen MR) is 53.0 cm³/mol. The summed E-state index contributed by atoms with van der Waals surface area (Å²) in [6.07, 6.45) is 4.92. The van der Waals surface area contributed by atoms with Gasteiger partial charge in [0, 0.05) is 13.0 Å². The molecule has 0 radical (unpaired) electrons. The molecule has 0 heterocycles. The van der Waals surface area contributed by atoms with Gasteiger partial charge in [-0.2, -0.15) is 0 Å². The first-order valence-electron chi connectivity index (χ1n) is 4.39. The molecule has 84 valence electrons. The van der Waals surface area contributed by atoms with Gasteiger partial charge in [-0.05, 0) is 0 Å². The Morgan fingerprint density at radius 3 is 2.60 bits per heavy atom. The highest BCUT2D eigenvalue weighted by Gasteiger charge is 2.18. The molecule has 0 aliphatic heterocycles. The van der Waals surface area contributed by atoms with E-state index in [4.69, 9.17) is 16.6 Å². The van der Waals surface area contributed by atoms with Crippen LogP contribution in [0.4, 0.5) is 0 Å². The number of aliphatic hydroxyl groups excluding tert-OH is 1. The molecule has 0 saturated heterocycles. The van der Waals surface area contributed by atoms with E-state index in [2.05, 4.69) is 16.6 Å². The molecule has 0 saturated carbocycles. The van der Waals surface area contributed by atoms with Crippen molar-refractivity contribution >= 4 is 11.9 Å². The summed E-state index contributed by atoms with van der Waals surface area (Å²) in [5.74, 6) is 0.638. The molecule has 1 unspecified atom stereocenters. The minimum Gasteiger partial charge on any atom is -0.480 e. The number of hydrogen-bond donors (Lipinski definition) is 4. The zero-order chi connectivity index (χ0) is 11.7. The molecular weight excluding hydrogens is 200 g/mol. The Kier molecular flexibility index (Phi) is 6.97. The van der Waals surface area contributed by atoms with E-state index in [-0.39, 0.29) is 26.1 Å².